The highest BCUT2D eigenvalue weighted by Crippen LogP contribution is 2.16. The van der Waals surface area contributed by atoms with Crippen LogP contribution in [0, 0.1) is 6.92 Å². The summed E-state index contributed by atoms with van der Waals surface area (Å²) in [6, 6.07) is 21.3. The number of fused-ring (bicyclic) bond motifs is 1. The van der Waals surface area contributed by atoms with Crippen molar-refractivity contribution in [2.24, 2.45) is 5.16 Å². The van der Waals surface area contributed by atoms with E-state index in [-0.39, 0.29) is 10.7 Å². The van der Waals surface area contributed by atoms with E-state index in [2.05, 4.69) is 15.5 Å². The Morgan fingerprint density at radius 2 is 1.60 bits per heavy atom. The molecule has 0 N–H and O–H groups in total. The van der Waals surface area contributed by atoms with Crippen molar-refractivity contribution < 1.29 is 17.5 Å². The Balaban J connectivity index is 1.79. The van der Waals surface area contributed by atoms with Gasteiger partial charge in [-0.1, -0.05) is 65.4 Å². The number of ketones is 1. The van der Waals surface area contributed by atoms with Crippen LogP contribution in [0.4, 0.5) is 0 Å². The van der Waals surface area contributed by atoms with E-state index >= 15 is 0 Å². The van der Waals surface area contributed by atoms with Crippen LogP contribution in [-0.4, -0.2) is 35.0 Å². The average Bonchev–Trinajstić information content (AvgIpc) is 3.19. The van der Waals surface area contributed by atoms with E-state index < -0.39 is 15.9 Å². The number of nitrogens with zero attached hydrogens (tertiary/aromatic N) is 4. The molecule has 150 valence electrons. The molecule has 0 radical (unpaired) electrons. The largest absolute Gasteiger partial charge is 0.358 e. The van der Waals surface area contributed by atoms with Crippen LogP contribution in [0.3, 0.4) is 0 Å². The highest BCUT2D eigenvalue weighted by Gasteiger charge is 2.23. The maximum Gasteiger partial charge on any atom is 0.358 e. The quantitative estimate of drug-likeness (QED) is 0.213. The minimum Gasteiger partial charge on any atom is -0.285 e. The molecule has 0 aliphatic carbocycles. The molecule has 1 heterocycles. The summed E-state index contributed by atoms with van der Waals surface area (Å²) >= 11 is 0. The minimum absolute atomic E-state index is 0.0770. The lowest BCUT2D eigenvalue weighted by molar-refractivity contribution is 0.105. The molecule has 30 heavy (non-hydrogen) atoms. The topological polar surface area (TPSA) is 104 Å². The maximum absolute atomic E-state index is 13.1. The van der Waals surface area contributed by atoms with E-state index in [9.17, 15) is 13.2 Å². The van der Waals surface area contributed by atoms with Gasteiger partial charge in [-0.3, -0.25) is 9.08 Å². The van der Waals surface area contributed by atoms with Crippen LogP contribution >= 0.6 is 0 Å². The first-order valence-corrected chi connectivity index (χ1v) is 10.4. The van der Waals surface area contributed by atoms with Crippen molar-refractivity contribution in [3.63, 3.8) is 0 Å². The second-order valence-corrected chi connectivity index (χ2v) is 7.97. The van der Waals surface area contributed by atoms with Crippen LogP contribution in [0.25, 0.3) is 11.0 Å². The fourth-order valence-electron chi connectivity index (χ4n) is 2.75. The van der Waals surface area contributed by atoms with Gasteiger partial charge in [-0.25, -0.2) is 0 Å². The number of Topliss-reactive ketones (excluding diaryl/α,β-unsaturated/α-hetero) is 1. The molecule has 0 aliphatic rings. The first kappa shape index (κ1) is 19.5. The van der Waals surface area contributed by atoms with Crippen molar-refractivity contribution in [2.75, 3.05) is 0 Å². The van der Waals surface area contributed by atoms with Gasteiger partial charge >= 0.3 is 10.1 Å². The summed E-state index contributed by atoms with van der Waals surface area (Å²) < 4.78 is 31.2. The summed E-state index contributed by atoms with van der Waals surface area (Å²) in [4.78, 5) is 13.0. The molecule has 0 spiro atoms. The summed E-state index contributed by atoms with van der Waals surface area (Å²) in [5.74, 6) is -0.893. The lowest BCUT2D eigenvalue weighted by Gasteiger charge is -2.07. The predicted octanol–water partition coefficient (Wildman–Crippen LogP) is 3.19. The summed E-state index contributed by atoms with van der Waals surface area (Å²) in [5.41, 5.74) is 2.20. The summed E-state index contributed by atoms with van der Waals surface area (Å²) in [5, 5.41) is 11.7. The van der Waals surface area contributed by atoms with Crippen molar-refractivity contribution in [3.05, 3.63) is 90.0 Å². The van der Waals surface area contributed by atoms with Crippen LogP contribution in [0.1, 0.15) is 15.9 Å². The molecular formula is C21H16N4O4S. The smallest absolute Gasteiger partial charge is 0.285 e. The maximum atomic E-state index is 13.1. The number of aromatic nitrogens is 3. The van der Waals surface area contributed by atoms with Gasteiger partial charge < -0.3 is 0 Å². The Labute approximate surface area is 172 Å². The number of aryl methyl sites for hydroxylation is 1. The van der Waals surface area contributed by atoms with Crippen molar-refractivity contribution in [1.29, 1.82) is 0 Å². The molecule has 0 unspecified atom stereocenters. The highest BCUT2D eigenvalue weighted by atomic mass is 32.2. The molecule has 0 atom stereocenters. The van der Waals surface area contributed by atoms with Crippen LogP contribution in [0.5, 0.6) is 0 Å². The molecule has 8 nitrogen and oxygen atoms in total. The number of carbonyl (C=O) groups excluding carboxylic acids is 1. The number of oxime groups is 1. The molecule has 1 aromatic heterocycles. The minimum atomic E-state index is -4.23. The van der Waals surface area contributed by atoms with Crippen LogP contribution in [0.15, 0.2) is 88.9 Å². The van der Waals surface area contributed by atoms with Gasteiger partial charge in [0.15, 0.2) is 0 Å². The van der Waals surface area contributed by atoms with Gasteiger partial charge in [0.1, 0.15) is 10.4 Å². The molecule has 0 fully saturated rings. The van der Waals surface area contributed by atoms with Crippen molar-refractivity contribution in [3.8, 4) is 0 Å². The zero-order valence-corrected chi connectivity index (χ0v) is 16.7. The number of rotatable bonds is 5. The number of para-hydroxylation sites is 1. The first-order valence-electron chi connectivity index (χ1n) is 8.94. The molecule has 4 rings (SSSR count). The molecule has 9 heteroatoms. The Hall–Kier alpha value is -3.85. The van der Waals surface area contributed by atoms with E-state index in [4.69, 9.17) is 4.28 Å². The van der Waals surface area contributed by atoms with E-state index in [1.807, 2.05) is 6.92 Å². The molecule has 0 amide bonds. The fraction of sp³-hybridized carbons (Fsp3) is 0.0476. The predicted molar refractivity (Wildman–Crippen MR) is 111 cm³/mol. The lowest BCUT2D eigenvalue weighted by Crippen LogP contribution is -2.25. The Kier molecular flexibility index (Phi) is 5.11. The Morgan fingerprint density at radius 3 is 2.33 bits per heavy atom. The summed E-state index contributed by atoms with van der Waals surface area (Å²) in [6.45, 7) is 1.84. The second kappa shape index (κ2) is 7.88. The summed E-state index contributed by atoms with van der Waals surface area (Å²) in [7, 11) is -4.23. The molecule has 0 aliphatic heterocycles. The zero-order valence-electron chi connectivity index (χ0n) is 15.8. The van der Waals surface area contributed by atoms with Crippen molar-refractivity contribution in [1.82, 2.24) is 15.0 Å². The normalized spacial score (nSPS) is 12.1. The van der Waals surface area contributed by atoms with Crippen LogP contribution in [-0.2, 0) is 14.4 Å². The molecule has 3 aromatic carbocycles. The molecule has 4 aromatic rings. The molecular weight excluding hydrogens is 404 g/mol. The highest BCUT2D eigenvalue weighted by molar-refractivity contribution is 7.86. The van der Waals surface area contributed by atoms with Crippen LogP contribution < -0.4 is 0 Å². The monoisotopic (exact) mass is 420 g/mol. The molecule has 0 saturated carbocycles. The van der Waals surface area contributed by atoms with E-state index in [1.54, 1.807) is 66.7 Å². The second-order valence-electron chi connectivity index (χ2n) is 6.44. The van der Waals surface area contributed by atoms with Crippen LogP contribution in [0.2, 0.25) is 0 Å². The summed E-state index contributed by atoms with van der Waals surface area (Å²) in [6.07, 6.45) is 0. The number of hydrogen-bond donors (Lipinski definition) is 0. The van der Waals surface area contributed by atoms with Crippen molar-refractivity contribution >= 4 is 32.8 Å². The van der Waals surface area contributed by atoms with E-state index in [1.165, 1.54) is 12.1 Å². The zero-order chi connectivity index (χ0) is 21.1. The average molecular weight is 420 g/mol. The third kappa shape index (κ3) is 3.83. The van der Waals surface area contributed by atoms with E-state index in [0.717, 1.165) is 10.2 Å². The first-order chi connectivity index (χ1) is 14.5. The van der Waals surface area contributed by atoms with Gasteiger partial charge in [-0.15, -0.1) is 5.10 Å². The van der Waals surface area contributed by atoms with Gasteiger partial charge in [-0.05, 0) is 36.3 Å². The number of carbonyl (C=O) groups is 1. The lowest BCUT2D eigenvalue weighted by atomic mass is 10.1. The molecule has 0 saturated heterocycles. The van der Waals surface area contributed by atoms with Gasteiger partial charge in [0.05, 0.1) is 5.52 Å². The fourth-order valence-corrected chi connectivity index (χ4v) is 3.48. The Morgan fingerprint density at radius 1 is 0.933 bits per heavy atom. The van der Waals surface area contributed by atoms with Crippen molar-refractivity contribution in [2.45, 2.75) is 11.8 Å². The number of hydrogen-bond acceptors (Lipinski definition) is 7. The van der Waals surface area contributed by atoms with Gasteiger partial charge in [-0.2, -0.15) is 13.1 Å². The third-order valence-electron chi connectivity index (χ3n) is 4.32. The SMILES string of the molecule is Cc1ccc(S(=O)(=O)O/N=C(\C(=O)c2ccccc2)n2nnc3ccccc32)cc1. The van der Waals surface area contributed by atoms with E-state index in [0.29, 0.717) is 16.6 Å². The van der Waals surface area contributed by atoms with Gasteiger partial charge in [0, 0.05) is 5.56 Å². The van der Waals surface area contributed by atoms with Gasteiger partial charge in [0.25, 0.3) is 0 Å². The third-order valence-corrected chi connectivity index (χ3v) is 5.44. The number of benzene rings is 3. The van der Waals surface area contributed by atoms with Gasteiger partial charge in [0.2, 0.25) is 11.6 Å². The Bertz CT molecular complexity index is 1340. The molecule has 0 bridgehead atoms. The standard InChI is InChI=1S/C21H16N4O4S/c1-15-11-13-17(14-12-15)30(27,28)29-23-21(20(26)16-7-3-2-4-8-16)25-19-10-6-5-9-18(19)22-24-25/h2-14H,1H3/b23-21+.